The van der Waals surface area contributed by atoms with E-state index in [4.69, 9.17) is 5.11 Å². The first-order chi connectivity index (χ1) is 9.88. The minimum atomic E-state index is -3.70. The van der Waals surface area contributed by atoms with E-state index in [9.17, 15) is 13.2 Å². The van der Waals surface area contributed by atoms with Gasteiger partial charge in [0.25, 0.3) is 0 Å². The molecule has 0 saturated heterocycles. The first kappa shape index (κ1) is 16.2. The summed E-state index contributed by atoms with van der Waals surface area (Å²) in [6.45, 7) is 0.257. The van der Waals surface area contributed by atoms with E-state index in [0.717, 1.165) is 14.7 Å². The van der Waals surface area contributed by atoms with Gasteiger partial charge in [-0.05, 0) is 52.7 Å². The molecule has 0 fully saturated rings. The van der Waals surface area contributed by atoms with Crippen LogP contribution in [0.15, 0.2) is 45.1 Å². The Kier molecular flexibility index (Phi) is 5.15. The quantitative estimate of drug-likeness (QED) is 0.795. The fourth-order valence-corrected chi connectivity index (χ4v) is 4.23. The lowest BCUT2D eigenvalue weighted by molar-refractivity contribution is 0.0696. The summed E-state index contributed by atoms with van der Waals surface area (Å²) < 4.78 is 27.6. The zero-order valence-electron chi connectivity index (χ0n) is 10.7. The topological polar surface area (TPSA) is 83.5 Å². The van der Waals surface area contributed by atoms with Crippen molar-refractivity contribution in [3.8, 4) is 0 Å². The third-order valence-electron chi connectivity index (χ3n) is 2.68. The molecule has 0 unspecified atom stereocenters. The Balaban J connectivity index is 2.04. The predicted octanol–water partition coefficient (Wildman–Crippen LogP) is 2.73. The monoisotopic (exact) mass is 389 g/mol. The molecule has 0 radical (unpaired) electrons. The highest BCUT2D eigenvalue weighted by Crippen LogP contribution is 2.22. The number of carboxylic acid groups (broad SMARTS) is 1. The number of carboxylic acids is 1. The molecular weight excluding hydrogens is 378 g/mol. The first-order valence-electron chi connectivity index (χ1n) is 5.96. The van der Waals surface area contributed by atoms with Gasteiger partial charge in [-0.15, -0.1) is 11.3 Å². The summed E-state index contributed by atoms with van der Waals surface area (Å²) in [5.74, 6) is -1.16. The van der Waals surface area contributed by atoms with Gasteiger partial charge in [-0.2, -0.15) is 0 Å². The molecule has 0 aliphatic heterocycles. The number of hydrogen-bond donors (Lipinski definition) is 2. The van der Waals surface area contributed by atoms with E-state index in [1.165, 1.54) is 18.2 Å². The van der Waals surface area contributed by atoms with Crippen LogP contribution in [0, 0.1) is 0 Å². The van der Waals surface area contributed by atoms with E-state index in [1.807, 2.05) is 12.1 Å². The van der Waals surface area contributed by atoms with Crippen LogP contribution < -0.4 is 4.72 Å². The second-order valence-corrected chi connectivity index (χ2v) is 8.50. The standard InChI is InChI=1S/C13H12BrNO4S2/c14-12-5-4-10(20-12)6-7-15-21(18,19)11-3-1-2-9(8-11)13(16)17/h1-5,8,15H,6-7H2,(H,16,17). The molecule has 0 aliphatic carbocycles. The lowest BCUT2D eigenvalue weighted by Gasteiger charge is -2.06. The maximum atomic E-state index is 12.1. The molecule has 21 heavy (non-hydrogen) atoms. The van der Waals surface area contributed by atoms with Gasteiger partial charge in [-0.1, -0.05) is 6.07 Å². The number of thiophene rings is 1. The van der Waals surface area contributed by atoms with Gasteiger partial charge >= 0.3 is 5.97 Å². The molecule has 1 aromatic carbocycles. The minimum Gasteiger partial charge on any atom is -0.478 e. The highest BCUT2D eigenvalue weighted by molar-refractivity contribution is 9.11. The van der Waals surface area contributed by atoms with Crippen molar-refractivity contribution in [2.45, 2.75) is 11.3 Å². The maximum Gasteiger partial charge on any atom is 0.335 e. The fraction of sp³-hybridized carbons (Fsp3) is 0.154. The van der Waals surface area contributed by atoms with Gasteiger partial charge in [-0.3, -0.25) is 0 Å². The van der Waals surface area contributed by atoms with Gasteiger partial charge in [-0.25, -0.2) is 17.9 Å². The van der Waals surface area contributed by atoms with Crippen LogP contribution in [0.3, 0.4) is 0 Å². The van der Waals surface area contributed by atoms with Crippen molar-refractivity contribution in [1.29, 1.82) is 0 Å². The summed E-state index contributed by atoms with van der Waals surface area (Å²) in [6.07, 6.45) is 0.577. The van der Waals surface area contributed by atoms with Crippen LogP contribution in [0.25, 0.3) is 0 Å². The van der Waals surface area contributed by atoms with Crippen LogP contribution in [0.1, 0.15) is 15.2 Å². The molecule has 0 aliphatic rings. The molecule has 0 saturated carbocycles. The molecule has 5 nitrogen and oxygen atoms in total. The molecule has 0 bridgehead atoms. The number of hydrogen-bond acceptors (Lipinski definition) is 4. The second-order valence-electron chi connectivity index (χ2n) is 4.19. The Labute approximate surface area is 134 Å². The van der Waals surface area contributed by atoms with Gasteiger partial charge in [0.1, 0.15) is 0 Å². The largest absolute Gasteiger partial charge is 0.478 e. The smallest absolute Gasteiger partial charge is 0.335 e. The van der Waals surface area contributed by atoms with E-state index >= 15 is 0 Å². The van der Waals surface area contributed by atoms with Crippen molar-refractivity contribution in [2.75, 3.05) is 6.54 Å². The van der Waals surface area contributed by atoms with Crippen LogP contribution >= 0.6 is 27.3 Å². The van der Waals surface area contributed by atoms with Crippen molar-refractivity contribution in [1.82, 2.24) is 4.72 Å². The highest BCUT2D eigenvalue weighted by atomic mass is 79.9. The van der Waals surface area contributed by atoms with Crippen LogP contribution in [-0.2, 0) is 16.4 Å². The molecule has 2 N–H and O–H groups in total. The van der Waals surface area contributed by atoms with Crippen molar-refractivity contribution in [3.05, 3.63) is 50.6 Å². The van der Waals surface area contributed by atoms with E-state index in [2.05, 4.69) is 20.7 Å². The molecule has 1 aromatic heterocycles. The average molecular weight is 390 g/mol. The molecule has 0 spiro atoms. The molecular formula is C13H12BrNO4S2. The maximum absolute atomic E-state index is 12.1. The van der Waals surface area contributed by atoms with Gasteiger partial charge in [0.15, 0.2) is 0 Å². The summed E-state index contributed by atoms with van der Waals surface area (Å²) in [5, 5.41) is 8.88. The number of aromatic carboxylic acids is 1. The van der Waals surface area contributed by atoms with Gasteiger partial charge < -0.3 is 5.11 Å². The molecule has 1 heterocycles. The number of rotatable bonds is 6. The fourth-order valence-electron chi connectivity index (χ4n) is 1.67. The van der Waals surface area contributed by atoms with E-state index < -0.39 is 16.0 Å². The minimum absolute atomic E-state index is 0.0465. The highest BCUT2D eigenvalue weighted by Gasteiger charge is 2.15. The van der Waals surface area contributed by atoms with Crippen molar-refractivity contribution < 1.29 is 18.3 Å². The Hall–Kier alpha value is -1.22. The summed E-state index contributed by atoms with van der Waals surface area (Å²) in [5.41, 5.74) is -0.0555. The zero-order valence-corrected chi connectivity index (χ0v) is 14.0. The van der Waals surface area contributed by atoms with Crippen molar-refractivity contribution in [3.63, 3.8) is 0 Å². The van der Waals surface area contributed by atoms with E-state index in [1.54, 1.807) is 11.3 Å². The Morgan fingerprint density at radius 3 is 2.67 bits per heavy atom. The normalized spacial score (nSPS) is 11.5. The average Bonchev–Trinajstić information content (AvgIpc) is 2.84. The lowest BCUT2D eigenvalue weighted by atomic mass is 10.2. The third-order valence-corrected chi connectivity index (χ3v) is 5.83. The zero-order chi connectivity index (χ0) is 15.5. The van der Waals surface area contributed by atoms with Crippen molar-refractivity contribution in [2.24, 2.45) is 0 Å². The third kappa shape index (κ3) is 4.37. The molecule has 2 rings (SSSR count). The first-order valence-corrected chi connectivity index (χ1v) is 9.05. The summed E-state index contributed by atoms with van der Waals surface area (Å²) >= 11 is 4.89. The summed E-state index contributed by atoms with van der Waals surface area (Å²) in [7, 11) is -3.70. The number of sulfonamides is 1. The van der Waals surface area contributed by atoms with Gasteiger partial charge in [0.05, 0.1) is 14.2 Å². The van der Waals surface area contributed by atoms with Crippen LogP contribution in [0.2, 0.25) is 0 Å². The molecule has 0 amide bonds. The summed E-state index contributed by atoms with van der Waals surface area (Å²) in [6, 6.07) is 9.11. The van der Waals surface area contributed by atoms with E-state index in [0.29, 0.717) is 6.42 Å². The summed E-state index contributed by atoms with van der Waals surface area (Å²) in [4.78, 5) is 11.9. The van der Waals surface area contributed by atoms with E-state index in [-0.39, 0.29) is 17.0 Å². The number of carbonyl (C=O) groups is 1. The van der Waals surface area contributed by atoms with Crippen LogP contribution in [0.5, 0.6) is 0 Å². The Morgan fingerprint density at radius 1 is 1.29 bits per heavy atom. The number of nitrogens with one attached hydrogen (secondary N) is 1. The lowest BCUT2D eigenvalue weighted by Crippen LogP contribution is -2.26. The Morgan fingerprint density at radius 2 is 2.05 bits per heavy atom. The number of benzene rings is 1. The molecule has 0 atom stereocenters. The van der Waals surface area contributed by atoms with Gasteiger partial charge in [0.2, 0.25) is 10.0 Å². The predicted molar refractivity (Wildman–Crippen MR) is 84.3 cm³/mol. The van der Waals surface area contributed by atoms with Crippen molar-refractivity contribution >= 4 is 43.3 Å². The van der Waals surface area contributed by atoms with Crippen LogP contribution in [0.4, 0.5) is 0 Å². The molecule has 112 valence electrons. The molecule has 2 aromatic rings. The number of halogens is 1. The Bertz CT molecular complexity index is 755. The van der Waals surface area contributed by atoms with Gasteiger partial charge in [0, 0.05) is 11.4 Å². The molecule has 8 heteroatoms. The SMILES string of the molecule is O=C(O)c1cccc(S(=O)(=O)NCCc2ccc(Br)s2)c1. The van der Waals surface area contributed by atoms with Crippen LogP contribution in [-0.4, -0.2) is 26.0 Å². The second kappa shape index (κ2) is 6.69.